The highest BCUT2D eigenvalue weighted by atomic mass is 79.9. The maximum atomic E-state index is 8.81. The predicted molar refractivity (Wildman–Crippen MR) is 89.6 cm³/mol. The van der Waals surface area contributed by atoms with Crippen LogP contribution >= 0.6 is 15.9 Å². The molecule has 0 fully saturated rings. The molecule has 0 spiro atoms. The van der Waals surface area contributed by atoms with Gasteiger partial charge in [-0.1, -0.05) is 21.1 Å². The largest absolute Gasteiger partial charge is 0.461 e. The minimum absolute atomic E-state index is 0.629. The molecule has 1 N–H and O–H groups in total. The van der Waals surface area contributed by atoms with Gasteiger partial charge in [-0.05, 0) is 50.6 Å². The second-order valence-corrected chi connectivity index (χ2v) is 6.20. The smallest absolute Gasteiger partial charge is 0.138 e. The Morgan fingerprint density at radius 2 is 2.05 bits per heavy atom. The minimum Gasteiger partial charge on any atom is -0.461 e. The Morgan fingerprint density at radius 1 is 1.23 bits per heavy atom. The van der Waals surface area contributed by atoms with E-state index in [2.05, 4.69) is 21.1 Å². The Labute approximate surface area is 136 Å². The van der Waals surface area contributed by atoms with Crippen molar-refractivity contribution < 1.29 is 14.0 Å². The lowest BCUT2D eigenvalue weighted by Gasteiger charge is -2.00. The van der Waals surface area contributed by atoms with Gasteiger partial charge in [-0.2, -0.15) is 0 Å². The third-order valence-electron chi connectivity index (χ3n) is 3.59. The monoisotopic (exact) mass is 361 g/mol. The molecule has 22 heavy (non-hydrogen) atoms. The van der Waals surface area contributed by atoms with Crippen molar-refractivity contribution in [1.29, 1.82) is 0 Å². The molecule has 0 aliphatic heterocycles. The normalized spacial score (nSPS) is 12.2. The van der Waals surface area contributed by atoms with Crippen LogP contribution < -0.4 is 0 Å². The van der Waals surface area contributed by atoms with Crippen LogP contribution in [0.1, 0.15) is 24.9 Å². The van der Waals surface area contributed by atoms with Crippen molar-refractivity contribution in [3.8, 4) is 11.3 Å². The number of furan rings is 2. The van der Waals surface area contributed by atoms with Gasteiger partial charge < -0.3 is 14.0 Å². The summed E-state index contributed by atoms with van der Waals surface area (Å²) in [4.78, 5) is 0. The van der Waals surface area contributed by atoms with E-state index < -0.39 is 0 Å². The molecular weight excluding hydrogens is 346 g/mol. The molecule has 0 atom stereocenters. The number of rotatable bonds is 4. The molecule has 5 heteroatoms. The Balaban J connectivity index is 2.13. The quantitative estimate of drug-likeness (QED) is 0.376. The van der Waals surface area contributed by atoms with Crippen LogP contribution in [-0.4, -0.2) is 10.9 Å². The van der Waals surface area contributed by atoms with Gasteiger partial charge in [-0.15, -0.1) is 0 Å². The third kappa shape index (κ3) is 2.81. The van der Waals surface area contributed by atoms with Crippen LogP contribution in [-0.2, 0) is 6.42 Å². The highest BCUT2D eigenvalue weighted by Crippen LogP contribution is 2.37. The second-order valence-electron chi connectivity index (χ2n) is 5.29. The number of nitrogens with zero attached hydrogens (tertiary/aromatic N) is 1. The van der Waals surface area contributed by atoms with Crippen LogP contribution in [0.4, 0.5) is 0 Å². The lowest BCUT2D eigenvalue weighted by Crippen LogP contribution is -1.95. The number of hydrogen-bond donors (Lipinski definition) is 1. The summed E-state index contributed by atoms with van der Waals surface area (Å²) in [6, 6.07) is 9.82. The van der Waals surface area contributed by atoms with Gasteiger partial charge >= 0.3 is 0 Å². The SMILES string of the molecule is C/C(CCc1oc2ccc(Br)cc2c1-c1ccc(C)o1)=N\O. The standard InChI is InChI=1S/C17H16BrNO3/c1-10(19-20)3-6-16-17(15-7-4-11(2)21-15)13-9-12(18)5-8-14(13)22-16/h4-5,7-9,20H,3,6H2,1-2H3/b19-10+. The summed E-state index contributed by atoms with van der Waals surface area (Å²) in [5.74, 6) is 2.49. The van der Waals surface area contributed by atoms with Gasteiger partial charge in [0.2, 0.25) is 0 Å². The number of aryl methyl sites for hydroxylation is 2. The number of oxime groups is 1. The average molecular weight is 362 g/mol. The fourth-order valence-corrected chi connectivity index (χ4v) is 2.84. The van der Waals surface area contributed by atoms with Gasteiger partial charge in [-0.25, -0.2) is 0 Å². The molecule has 0 radical (unpaired) electrons. The lowest BCUT2D eigenvalue weighted by atomic mass is 10.0. The van der Waals surface area contributed by atoms with Crippen LogP contribution in [0.3, 0.4) is 0 Å². The van der Waals surface area contributed by atoms with Crippen LogP contribution in [0.2, 0.25) is 0 Å². The van der Waals surface area contributed by atoms with Crippen molar-refractivity contribution in [2.75, 3.05) is 0 Å². The topological polar surface area (TPSA) is 58.9 Å². The number of benzene rings is 1. The Hall–Kier alpha value is -2.01. The second kappa shape index (κ2) is 6.01. The van der Waals surface area contributed by atoms with Gasteiger partial charge in [0.1, 0.15) is 22.9 Å². The van der Waals surface area contributed by atoms with E-state index in [1.165, 1.54) is 0 Å². The molecule has 0 unspecified atom stereocenters. The molecule has 1 aromatic carbocycles. The summed E-state index contributed by atoms with van der Waals surface area (Å²) in [5.41, 5.74) is 2.46. The van der Waals surface area contributed by atoms with E-state index in [1.807, 2.05) is 37.3 Å². The zero-order valence-corrected chi connectivity index (χ0v) is 14.0. The lowest BCUT2D eigenvalue weighted by molar-refractivity contribution is 0.317. The first-order valence-corrected chi connectivity index (χ1v) is 7.83. The first-order valence-electron chi connectivity index (χ1n) is 7.03. The van der Waals surface area contributed by atoms with Crippen LogP contribution in [0.15, 0.2) is 48.8 Å². The molecule has 0 amide bonds. The summed E-state index contributed by atoms with van der Waals surface area (Å²) < 4.78 is 12.8. The molecular formula is C17H16BrNO3. The van der Waals surface area contributed by atoms with E-state index in [9.17, 15) is 0 Å². The molecule has 0 aliphatic carbocycles. The van der Waals surface area contributed by atoms with Crippen LogP contribution in [0.5, 0.6) is 0 Å². The first kappa shape index (κ1) is 14.9. The molecule has 114 valence electrons. The summed E-state index contributed by atoms with van der Waals surface area (Å²) in [7, 11) is 0. The summed E-state index contributed by atoms with van der Waals surface area (Å²) in [6.07, 6.45) is 1.28. The van der Waals surface area contributed by atoms with Crippen molar-refractivity contribution in [3.63, 3.8) is 0 Å². The Bertz CT molecular complexity index is 845. The fourth-order valence-electron chi connectivity index (χ4n) is 2.48. The van der Waals surface area contributed by atoms with Crippen LogP contribution in [0.25, 0.3) is 22.3 Å². The number of halogens is 1. The van der Waals surface area contributed by atoms with E-state index >= 15 is 0 Å². The van der Waals surface area contributed by atoms with E-state index in [4.69, 9.17) is 14.0 Å². The van der Waals surface area contributed by atoms with Gasteiger partial charge in [0, 0.05) is 16.3 Å². The van der Waals surface area contributed by atoms with Crippen molar-refractivity contribution in [3.05, 3.63) is 46.3 Å². The molecule has 0 aliphatic rings. The predicted octanol–water partition coefficient (Wildman–Crippen LogP) is 5.55. The van der Waals surface area contributed by atoms with Gasteiger partial charge in [-0.3, -0.25) is 0 Å². The molecule has 0 saturated heterocycles. The van der Waals surface area contributed by atoms with Gasteiger partial charge in [0.25, 0.3) is 0 Å². The zero-order valence-electron chi connectivity index (χ0n) is 12.4. The molecule has 2 aromatic heterocycles. The highest BCUT2D eigenvalue weighted by Gasteiger charge is 2.19. The fraction of sp³-hybridized carbons (Fsp3) is 0.235. The maximum absolute atomic E-state index is 8.81. The van der Waals surface area contributed by atoms with Gasteiger partial charge in [0.15, 0.2) is 0 Å². The van der Waals surface area contributed by atoms with Crippen molar-refractivity contribution in [2.45, 2.75) is 26.7 Å². The average Bonchev–Trinajstić information content (AvgIpc) is 3.07. The van der Waals surface area contributed by atoms with Crippen molar-refractivity contribution >= 4 is 32.6 Å². The Morgan fingerprint density at radius 3 is 2.73 bits per heavy atom. The Kier molecular flexibility index (Phi) is 4.07. The van der Waals surface area contributed by atoms with Crippen molar-refractivity contribution in [1.82, 2.24) is 0 Å². The molecule has 3 aromatic rings. The van der Waals surface area contributed by atoms with Crippen LogP contribution in [0, 0.1) is 6.92 Å². The molecule has 0 bridgehead atoms. The van der Waals surface area contributed by atoms with Gasteiger partial charge in [0.05, 0.1) is 11.3 Å². The summed E-state index contributed by atoms with van der Waals surface area (Å²) in [5, 5.41) is 13.0. The summed E-state index contributed by atoms with van der Waals surface area (Å²) >= 11 is 3.50. The zero-order chi connectivity index (χ0) is 15.7. The first-order chi connectivity index (χ1) is 10.6. The van der Waals surface area contributed by atoms with E-state index in [1.54, 1.807) is 6.92 Å². The highest BCUT2D eigenvalue weighted by molar-refractivity contribution is 9.10. The van der Waals surface area contributed by atoms with E-state index in [0.29, 0.717) is 18.6 Å². The number of fused-ring (bicyclic) bond motifs is 1. The van der Waals surface area contributed by atoms with E-state index in [-0.39, 0.29) is 0 Å². The third-order valence-corrected chi connectivity index (χ3v) is 4.09. The van der Waals surface area contributed by atoms with E-state index in [0.717, 1.165) is 38.3 Å². The molecule has 0 saturated carbocycles. The minimum atomic E-state index is 0.629. The summed E-state index contributed by atoms with van der Waals surface area (Å²) in [6.45, 7) is 3.71. The molecule has 3 rings (SSSR count). The molecule has 2 heterocycles. The maximum Gasteiger partial charge on any atom is 0.138 e. The van der Waals surface area contributed by atoms with Crippen molar-refractivity contribution in [2.24, 2.45) is 5.16 Å². The number of hydrogen-bond acceptors (Lipinski definition) is 4. The molecule has 4 nitrogen and oxygen atoms in total.